The molecule has 1 aliphatic rings. The maximum Gasteiger partial charge on any atom is 0.426 e. The van der Waals surface area contributed by atoms with E-state index >= 15 is 0 Å². The fourth-order valence-electron chi connectivity index (χ4n) is 1.52. The van der Waals surface area contributed by atoms with Crippen molar-refractivity contribution < 1.29 is 137 Å². The summed E-state index contributed by atoms with van der Waals surface area (Å²) in [7, 11) is 4.30. The van der Waals surface area contributed by atoms with Crippen molar-refractivity contribution in [3.63, 3.8) is 0 Å². The third-order valence-corrected chi connectivity index (χ3v) is 2.98. The molecule has 0 aliphatic carbocycles. The first-order chi connectivity index (χ1) is 18.3. The molecular weight excluding hydrogens is 830 g/mol. The third kappa shape index (κ3) is 54.6. The molecule has 0 spiro atoms. The molecule has 2 rings (SSSR count). The number of carbonyl (C=O) groups is 2. The van der Waals surface area contributed by atoms with Gasteiger partial charge in [-0.2, -0.15) is 5.75 Å². The zero-order valence-electron chi connectivity index (χ0n) is 27.2. The number of nitrogens with zero attached hydrogens (tertiary/aromatic N) is 4. The number of hydrogen-bond acceptors (Lipinski definition) is 11. The number of rotatable bonds is 2. The van der Waals surface area contributed by atoms with Crippen LogP contribution in [0, 0.1) is 6.39 Å². The van der Waals surface area contributed by atoms with Crippen molar-refractivity contribution in [2.24, 2.45) is 12.9 Å². The number of hydrazine groups is 2. The summed E-state index contributed by atoms with van der Waals surface area (Å²) in [4.78, 5) is 50.1. The maximum atomic E-state index is 11.0. The van der Waals surface area contributed by atoms with Gasteiger partial charge in [0.25, 0.3) is 5.76 Å². The summed E-state index contributed by atoms with van der Waals surface area (Å²) in [5.74, 6) is 5.59. The maximum absolute atomic E-state index is 11.0. The molecule has 1 aromatic heterocycles. The van der Waals surface area contributed by atoms with Gasteiger partial charge in [0.2, 0.25) is 0 Å². The van der Waals surface area contributed by atoms with E-state index in [0.29, 0.717) is 6.90 Å². The monoisotopic (exact) mass is 883 g/mol. The number of amides is 3. The van der Waals surface area contributed by atoms with Crippen molar-refractivity contribution in [2.75, 3.05) is 27.3 Å². The summed E-state index contributed by atoms with van der Waals surface area (Å²) in [5, 5.41) is 5.15. The van der Waals surface area contributed by atoms with Gasteiger partial charge < -0.3 is 50.0 Å². The Morgan fingerprint density at radius 1 is 1.05 bits per heavy atom. The zero-order chi connectivity index (χ0) is 32.4. The van der Waals surface area contributed by atoms with E-state index in [2.05, 4.69) is 21.1 Å². The van der Waals surface area contributed by atoms with E-state index in [1.807, 2.05) is 11.8 Å². The topological polar surface area (TPSA) is 189 Å². The van der Waals surface area contributed by atoms with Crippen LogP contribution in [0.3, 0.4) is 0 Å². The van der Waals surface area contributed by atoms with Gasteiger partial charge >= 0.3 is 12.2 Å². The van der Waals surface area contributed by atoms with Gasteiger partial charge in [-0.15, -0.1) is 6.41 Å². The number of aryl methyl sites for hydroxylation is 1. The average Bonchev–Trinajstić information content (AvgIpc) is 3.49. The molecule has 1 fully saturated rings. The molecule has 15 nitrogen and oxygen atoms in total. The molecule has 19 heteroatoms. The second kappa shape index (κ2) is 41.2. The Balaban J connectivity index is -0.0000000512. The van der Waals surface area contributed by atoms with Crippen LogP contribution in [0.5, 0.6) is 0 Å². The fraction of sp³-hybridized carbons (Fsp3) is 0.760. The average molecular weight is 884 g/mol. The van der Waals surface area contributed by atoms with E-state index in [4.69, 9.17) is 26.2 Å². The number of aromatic nitrogens is 2. The molecule has 255 valence electrons. The molecule has 1 aromatic rings. The van der Waals surface area contributed by atoms with Crippen molar-refractivity contribution in [1.29, 1.82) is 0 Å². The van der Waals surface area contributed by atoms with E-state index in [1.54, 1.807) is 48.5 Å². The minimum Gasteiger partial charge on any atom is -0.582 e. The van der Waals surface area contributed by atoms with Gasteiger partial charge in [-0.05, 0) is 54.4 Å². The molecule has 0 unspecified atom stereocenters. The van der Waals surface area contributed by atoms with E-state index in [0.717, 1.165) is 33.7 Å². The molecule has 1 aliphatic heterocycles. The van der Waals surface area contributed by atoms with Crippen molar-refractivity contribution >= 4 is 35.9 Å². The van der Waals surface area contributed by atoms with Gasteiger partial charge in [0.05, 0.1) is 6.39 Å². The second-order valence-electron chi connectivity index (χ2n) is 8.82. The van der Waals surface area contributed by atoms with Crippen LogP contribution in [-0.4, -0.2) is 82.7 Å². The summed E-state index contributed by atoms with van der Waals surface area (Å²) in [5.41, 5.74) is 0.994. The second-order valence-corrected chi connectivity index (χ2v) is 8.98. The van der Waals surface area contributed by atoms with Crippen LogP contribution in [0.25, 0.3) is 0 Å². The van der Waals surface area contributed by atoms with Crippen LogP contribution >= 0.6 is 11.6 Å². The van der Waals surface area contributed by atoms with Gasteiger partial charge in [0.1, 0.15) is 11.2 Å². The Bertz CT molecular complexity index is 846. The summed E-state index contributed by atoms with van der Waals surface area (Å²) in [6, 6.07) is 0. The van der Waals surface area contributed by atoms with Gasteiger partial charge in [0, 0.05) is 134 Å². The minimum atomic E-state index is -0.620. The number of ether oxygens (including phenoxy) is 3. The van der Waals surface area contributed by atoms with Crippen molar-refractivity contribution in [2.45, 2.75) is 94.3 Å². The summed E-state index contributed by atoms with van der Waals surface area (Å²) >= 11 is 4.19. The number of nitrogens with one attached hydrogen (secondary N) is 1. The molecule has 44 heavy (non-hydrogen) atoms. The van der Waals surface area contributed by atoms with Crippen LogP contribution in [0.1, 0.15) is 84.4 Å². The fourth-order valence-corrected chi connectivity index (χ4v) is 1.52. The standard InChI is InChI=1S/C7H13N2O3.C6H14N2O2.C4H8O.C3H3N2O2.C2H6.CClO.2CH4.3Y/c1-7(2,3)12-6(11)9(4)8-5-10;1-6(2,3)10-5(9)8(4)7;1-2-4-5-3-1;1-5-3(6)7-2-4-5;1-2;2-1-3;;;;;/h1-4H3,(H,8,10);7H2,1-4H3;1-4H2;1H3;1-2H3;;2*1H4;;;/q-1;;;-1;;-1;;;;;/i;;;;1D;;;;;;. The Labute approximate surface area is 346 Å². The van der Waals surface area contributed by atoms with Crippen LogP contribution in [0.15, 0.2) is 9.21 Å². The van der Waals surface area contributed by atoms with E-state index in [9.17, 15) is 19.2 Å². The van der Waals surface area contributed by atoms with Crippen LogP contribution in [0.4, 0.5) is 9.59 Å². The molecule has 3 N–H and O–H groups in total. The normalized spacial score (nSPS) is 10.2. The summed E-state index contributed by atoms with van der Waals surface area (Å²) < 4.78 is 26.1. The molecule has 0 aromatic carbocycles. The van der Waals surface area contributed by atoms with E-state index < -0.39 is 29.1 Å². The van der Waals surface area contributed by atoms with Gasteiger partial charge in [-0.3, -0.25) is 14.8 Å². The van der Waals surface area contributed by atoms with Gasteiger partial charge in [-0.1, -0.05) is 28.7 Å². The van der Waals surface area contributed by atoms with Crippen molar-refractivity contribution in [3.8, 4) is 0 Å². The van der Waals surface area contributed by atoms with Crippen LogP contribution in [0.2, 0.25) is 0 Å². The smallest absolute Gasteiger partial charge is 0.426 e. The van der Waals surface area contributed by atoms with E-state index in [1.165, 1.54) is 40.4 Å². The Morgan fingerprint density at radius 3 is 1.57 bits per heavy atom. The van der Waals surface area contributed by atoms with Crippen LogP contribution < -0.4 is 17.0 Å². The van der Waals surface area contributed by atoms with Crippen molar-refractivity contribution in [1.82, 2.24) is 25.2 Å². The molecule has 0 saturated carbocycles. The first kappa shape index (κ1) is 62.9. The first-order valence-corrected chi connectivity index (χ1v) is 11.8. The molecule has 2 heterocycles. The predicted molar refractivity (Wildman–Crippen MR) is 158 cm³/mol. The van der Waals surface area contributed by atoms with Crippen molar-refractivity contribution in [3.05, 3.63) is 16.9 Å². The number of halogens is 1. The third-order valence-electron chi connectivity index (χ3n) is 2.98. The molecule has 3 radical (unpaired) electrons. The molecular formula is C25H52ClN6O9Y3-3. The summed E-state index contributed by atoms with van der Waals surface area (Å²) in [6.07, 6.45) is 4.80. The Hall–Kier alpha value is 0.142. The number of nitrogens with two attached hydrogens (primary N) is 1. The number of hydrogen-bond donors (Lipinski definition) is 2. The van der Waals surface area contributed by atoms with Crippen LogP contribution in [-0.2, 0) is 129 Å². The Kier molecular flexibility index (Phi) is 58.8. The molecule has 3 amide bonds. The largest absolute Gasteiger partial charge is 0.582 e. The van der Waals surface area contributed by atoms with Gasteiger partial charge in [-0.25, -0.2) is 20.4 Å². The molecule has 0 atom stereocenters. The molecule has 0 bridgehead atoms. The predicted octanol–water partition coefficient (Wildman–Crippen LogP) is 3.71. The quantitative estimate of drug-likeness (QED) is 0.110. The zero-order valence-corrected chi connectivity index (χ0v) is 35.5. The first-order valence-electron chi connectivity index (χ1n) is 12.1. The Morgan fingerprint density at radius 2 is 1.41 bits per heavy atom. The van der Waals surface area contributed by atoms with Gasteiger partial charge in [0.15, 0.2) is 0 Å². The summed E-state index contributed by atoms with van der Waals surface area (Å²) in [6.45, 7) is 14.9. The molecule has 1 saturated heterocycles. The van der Waals surface area contributed by atoms with E-state index in [-0.39, 0.29) is 113 Å². The SMILES string of the molecule is C.C.C1CCOC1.CN(N)C(=O)OC(C)(C)C.CN(N[C-]=O)C(=O)OC(C)(C)C.Cn1n[c-]oc1=O.O=[C-]Cl.[2H]CC.[Y].[Y].[Y]. The minimum absolute atomic E-state index is 0. The number of carbonyl (C=O) groups excluding carboxylic acids is 4.